The van der Waals surface area contributed by atoms with Gasteiger partial charge in [-0.1, -0.05) is 23.2 Å². The number of benzene rings is 2. The van der Waals surface area contributed by atoms with Crippen LogP contribution in [-0.4, -0.2) is 20.6 Å². The van der Waals surface area contributed by atoms with Crippen LogP contribution in [0.3, 0.4) is 0 Å². The number of carbonyl (C=O) groups excluding carboxylic acids is 1. The van der Waals surface area contributed by atoms with Gasteiger partial charge in [0.25, 0.3) is 5.91 Å². The Balaban J connectivity index is 2.23. The van der Waals surface area contributed by atoms with Gasteiger partial charge in [-0.25, -0.2) is 8.42 Å². The molecule has 0 heterocycles. The summed E-state index contributed by atoms with van der Waals surface area (Å²) < 4.78 is 22.7. The molecule has 0 unspecified atom stereocenters. The zero-order valence-corrected chi connectivity index (χ0v) is 13.8. The lowest BCUT2D eigenvalue weighted by Crippen LogP contribution is -2.12. The molecule has 2 aromatic carbocycles. The van der Waals surface area contributed by atoms with Gasteiger partial charge in [-0.15, -0.1) is 0 Å². The van der Waals surface area contributed by atoms with Gasteiger partial charge >= 0.3 is 0 Å². The first kappa shape index (κ1) is 16.6. The average Bonchev–Trinajstić information content (AvgIpc) is 2.44. The van der Waals surface area contributed by atoms with Crippen LogP contribution in [0.4, 0.5) is 11.4 Å². The van der Waals surface area contributed by atoms with Crippen LogP contribution in [-0.2, 0) is 9.84 Å². The fourth-order valence-corrected chi connectivity index (χ4v) is 2.83. The van der Waals surface area contributed by atoms with Crippen molar-refractivity contribution >= 4 is 50.3 Å². The molecule has 0 fully saturated rings. The number of sulfone groups is 1. The number of nitrogens with one attached hydrogen (secondary N) is 1. The fourth-order valence-electron chi connectivity index (χ4n) is 1.71. The fraction of sp³-hybridized carbons (Fsp3) is 0.0714. The zero-order chi connectivity index (χ0) is 16.5. The summed E-state index contributed by atoms with van der Waals surface area (Å²) in [5.74, 6) is -0.419. The van der Waals surface area contributed by atoms with Crippen molar-refractivity contribution in [3.8, 4) is 0 Å². The molecule has 3 N–H and O–H groups in total. The summed E-state index contributed by atoms with van der Waals surface area (Å²) in [5, 5.41) is 3.08. The summed E-state index contributed by atoms with van der Waals surface area (Å²) in [6, 6.07) is 8.54. The van der Waals surface area contributed by atoms with Crippen molar-refractivity contribution in [2.75, 3.05) is 17.3 Å². The Morgan fingerprint density at radius 3 is 2.05 bits per heavy atom. The van der Waals surface area contributed by atoms with Gasteiger partial charge in [0, 0.05) is 17.5 Å². The maximum absolute atomic E-state index is 12.1. The van der Waals surface area contributed by atoms with Crippen LogP contribution in [0.2, 0.25) is 10.0 Å². The van der Waals surface area contributed by atoms with E-state index in [9.17, 15) is 13.2 Å². The van der Waals surface area contributed by atoms with Gasteiger partial charge in [0.1, 0.15) is 0 Å². The molecule has 0 aromatic heterocycles. The number of anilines is 2. The van der Waals surface area contributed by atoms with Crippen molar-refractivity contribution in [1.82, 2.24) is 0 Å². The summed E-state index contributed by atoms with van der Waals surface area (Å²) in [4.78, 5) is 12.2. The van der Waals surface area contributed by atoms with Crippen molar-refractivity contribution in [3.63, 3.8) is 0 Å². The Morgan fingerprint density at radius 2 is 1.59 bits per heavy atom. The molecule has 0 bridgehead atoms. The largest absolute Gasteiger partial charge is 0.396 e. The van der Waals surface area contributed by atoms with Crippen LogP contribution < -0.4 is 11.1 Å². The Kier molecular flexibility index (Phi) is 4.65. The van der Waals surface area contributed by atoms with E-state index in [4.69, 9.17) is 28.9 Å². The van der Waals surface area contributed by atoms with Crippen LogP contribution in [0.5, 0.6) is 0 Å². The third-order valence-corrected chi connectivity index (χ3v) is 4.64. The minimum absolute atomic E-state index is 0.141. The average molecular weight is 359 g/mol. The van der Waals surface area contributed by atoms with Crippen LogP contribution in [0.1, 0.15) is 10.4 Å². The monoisotopic (exact) mass is 358 g/mol. The molecule has 0 atom stereocenters. The van der Waals surface area contributed by atoms with Gasteiger partial charge in [0.15, 0.2) is 9.84 Å². The summed E-state index contributed by atoms with van der Waals surface area (Å²) >= 11 is 11.8. The number of nitrogen functional groups attached to an aromatic ring is 1. The number of amides is 1. The molecule has 0 saturated heterocycles. The summed E-state index contributed by atoms with van der Waals surface area (Å²) in [6.07, 6.45) is 1.10. The SMILES string of the molecule is CS(=O)(=O)c1ccc(C(=O)Nc2cc(Cl)c(N)c(Cl)c2)cc1. The van der Waals surface area contributed by atoms with Gasteiger partial charge in [0.2, 0.25) is 0 Å². The predicted octanol–water partition coefficient (Wildman–Crippen LogP) is 3.23. The maximum atomic E-state index is 12.1. The molecule has 0 aliphatic carbocycles. The molecule has 2 aromatic rings. The molecule has 1 amide bonds. The minimum atomic E-state index is -3.30. The number of nitrogens with two attached hydrogens (primary N) is 1. The second-order valence-electron chi connectivity index (χ2n) is 4.60. The first-order valence-electron chi connectivity index (χ1n) is 6.04. The van der Waals surface area contributed by atoms with E-state index in [0.29, 0.717) is 11.3 Å². The Labute approximate surface area is 138 Å². The molecule has 8 heteroatoms. The number of halogens is 2. The van der Waals surface area contributed by atoms with E-state index in [-0.39, 0.29) is 20.6 Å². The Morgan fingerprint density at radius 1 is 1.09 bits per heavy atom. The quantitative estimate of drug-likeness (QED) is 0.824. The molecular weight excluding hydrogens is 347 g/mol. The Hall–Kier alpha value is -1.76. The van der Waals surface area contributed by atoms with Crippen molar-refractivity contribution in [1.29, 1.82) is 0 Å². The van der Waals surface area contributed by atoms with Gasteiger partial charge in [-0.3, -0.25) is 4.79 Å². The minimum Gasteiger partial charge on any atom is -0.396 e. The summed E-state index contributed by atoms with van der Waals surface area (Å²) in [6.45, 7) is 0. The molecule has 22 heavy (non-hydrogen) atoms. The highest BCUT2D eigenvalue weighted by molar-refractivity contribution is 7.90. The smallest absolute Gasteiger partial charge is 0.255 e. The van der Waals surface area contributed by atoms with Crippen LogP contribution in [0.15, 0.2) is 41.3 Å². The van der Waals surface area contributed by atoms with E-state index in [1.54, 1.807) is 0 Å². The van der Waals surface area contributed by atoms with Gasteiger partial charge in [-0.2, -0.15) is 0 Å². The molecular formula is C14H12Cl2N2O3S. The molecule has 5 nitrogen and oxygen atoms in total. The topological polar surface area (TPSA) is 89.3 Å². The lowest BCUT2D eigenvalue weighted by Gasteiger charge is -2.09. The summed E-state index contributed by atoms with van der Waals surface area (Å²) in [7, 11) is -3.30. The van der Waals surface area contributed by atoms with Gasteiger partial charge in [-0.05, 0) is 36.4 Å². The highest BCUT2D eigenvalue weighted by atomic mass is 35.5. The third-order valence-electron chi connectivity index (χ3n) is 2.88. The molecule has 0 aliphatic heterocycles. The Bertz CT molecular complexity index is 811. The van der Waals surface area contributed by atoms with Crippen molar-refractivity contribution < 1.29 is 13.2 Å². The zero-order valence-electron chi connectivity index (χ0n) is 11.4. The van der Waals surface area contributed by atoms with Crippen LogP contribution >= 0.6 is 23.2 Å². The molecule has 0 radical (unpaired) electrons. The second-order valence-corrected chi connectivity index (χ2v) is 7.43. The highest BCUT2D eigenvalue weighted by Crippen LogP contribution is 2.31. The van der Waals surface area contributed by atoms with Gasteiger partial charge in [0.05, 0.1) is 20.6 Å². The van der Waals surface area contributed by atoms with E-state index in [0.717, 1.165) is 6.26 Å². The molecule has 0 saturated carbocycles. The lowest BCUT2D eigenvalue weighted by atomic mass is 10.2. The normalized spacial score (nSPS) is 11.2. The highest BCUT2D eigenvalue weighted by Gasteiger charge is 2.12. The maximum Gasteiger partial charge on any atom is 0.255 e. The van der Waals surface area contributed by atoms with E-state index in [1.807, 2.05) is 0 Å². The van der Waals surface area contributed by atoms with Crippen molar-refractivity contribution in [3.05, 3.63) is 52.0 Å². The van der Waals surface area contributed by atoms with E-state index in [1.165, 1.54) is 36.4 Å². The van der Waals surface area contributed by atoms with Crippen molar-refractivity contribution in [2.24, 2.45) is 0 Å². The standard InChI is InChI=1S/C14H12Cl2N2O3S/c1-22(20,21)10-4-2-8(3-5-10)14(19)18-9-6-11(15)13(17)12(16)7-9/h2-7H,17H2,1H3,(H,18,19). The number of hydrogen-bond donors (Lipinski definition) is 2. The summed E-state index contributed by atoms with van der Waals surface area (Å²) in [5.41, 5.74) is 6.54. The number of carbonyl (C=O) groups is 1. The van der Waals surface area contributed by atoms with E-state index < -0.39 is 15.7 Å². The van der Waals surface area contributed by atoms with Crippen LogP contribution in [0.25, 0.3) is 0 Å². The first-order valence-corrected chi connectivity index (χ1v) is 8.69. The number of hydrogen-bond acceptors (Lipinski definition) is 4. The first-order chi connectivity index (χ1) is 10.2. The van der Waals surface area contributed by atoms with Gasteiger partial charge < -0.3 is 11.1 Å². The van der Waals surface area contributed by atoms with E-state index in [2.05, 4.69) is 5.32 Å². The molecule has 0 spiro atoms. The lowest BCUT2D eigenvalue weighted by molar-refractivity contribution is 0.102. The second kappa shape index (κ2) is 6.16. The van der Waals surface area contributed by atoms with Crippen molar-refractivity contribution in [2.45, 2.75) is 4.90 Å². The van der Waals surface area contributed by atoms with E-state index >= 15 is 0 Å². The molecule has 116 valence electrons. The molecule has 0 aliphatic rings. The predicted molar refractivity (Wildman–Crippen MR) is 88.4 cm³/mol. The molecule has 2 rings (SSSR count). The van der Waals surface area contributed by atoms with Crippen LogP contribution in [0, 0.1) is 0 Å². The third kappa shape index (κ3) is 3.71. The number of rotatable bonds is 3.